The number of fused-ring (bicyclic) bond motifs is 1. The fraction of sp³-hybridized carbons (Fsp3) is 0.0909. The van der Waals surface area contributed by atoms with Crippen molar-refractivity contribution in [3.05, 3.63) is 36.4 Å². The molecule has 0 saturated carbocycles. The molecule has 0 saturated heterocycles. The van der Waals surface area contributed by atoms with Gasteiger partial charge in [0.15, 0.2) is 0 Å². The standard InChI is InChI=1S/C11H12N4O/c1-2-5-15-9-4-3-7(10(12)16)6-8(9)14-11(15)13/h2-4,6H,1,5H2,(H4,12,13,14,16)/p+1. The second kappa shape index (κ2) is 3.69. The van der Waals surface area contributed by atoms with Gasteiger partial charge < -0.3 is 5.73 Å². The van der Waals surface area contributed by atoms with Crippen molar-refractivity contribution in [3.63, 3.8) is 0 Å². The summed E-state index contributed by atoms with van der Waals surface area (Å²) in [5, 5.41) is 0. The molecule has 5 N–H and O–H groups in total. The Hall–Kier alpha value is -2.30. The average molecular weight is 217 g/mol. The molecular formula is C11H13N4O+. The lowest BCUT2D eigenvalue weighted by Crippen LogP contribution is -2.34. The summed E-state index contributed by atoms with van der Waals surface area (Å²) in [6, 6.07) is 5.18. The molecule has 2 aromatic rings. The highest BCUT2D eigenvalue weighted by Crippen LogP contribution is 2.13. The van der Waals surface area contributed by atoms with Crippen LogP contribution >= 0.6 is 0 Å². The summed E-state index contributed by atoms with van der Waals surface area (Å²) in [5.74, 6) is 0.0712. The van der Waals surface area contributed by atoms with Crippen molar-refractivity contribution in [3.8, 4) is 0 Å². The van der Waals surface area contributed by atoms with Crippen LogP contribution in [0, 0.1) is 0 Å². The number of nitrogen functional groups attached to an aromatic ring is 1. The fourth-order valence-electron chi connectivity index (χ4n) is 1.69. The van der Waals surface area contributed by atoms with Gasteiger partial charge in [0.1, 0.15) is 11.0 Å². The van der Waals surface area contributed by atoms with Gasteiger partial charge in [0.05, 0.1) is 6.54 Å². The van der Waals surface area contributed by atoms with E-state index in [9.17, 15) is 4.79 Å². The number of imidazole rings is 1. The molecule has 0 aliphatic carbocycles. The number of carbonyl (C=O) groups is 1. The molecule has 5 heteroatoms. The molecule has 0 unspecified atom stereocenters. The molecule has 16 heavy (non-hydrogen) atoms. The third-order valence-corrected chi connectivity index (χ3v) is 2.44. The molecule has 1 heterocycles. The second-order valence-corrected chi connectivity index (χ2v) is 3.51. The number of nitrogens with zero attached hydrogens (tertiary/aromatic N) is 1. The van der Waals surface area contributed by atoms with Crippen molar-refractivity contribution < 1.29 is 9.36 Å². The van der Waals surface area contributed by atoms with Crippen molar-refractivity contribution in [2.24, 2.45) is 5.73 Å². The molecule has 2 rings (SSSR count). The Morgan fingerprint density at radius 3 is 2.94 bits per heavy atom. The number of aromatic nitrogens is 2. The molecule has 82 valence electrons. The third kappa shape index (κ3) is 1.52. The first-order valence-corrected chi connectivity index (χ1v) is 4.85. The van der Waals surface area contributed by atoms with E-state index < -0.39 is 5.91 Å². The molecule has 0 aliphatic heterocycles. The van der Waals surface area contributed by atoms with Crippen LogP contribution in [0.2, 0.25) is 0 Å². The van der Waals surface area contributed by atoms with E-state index in [2.05, 4.69) is 11.6 Å². The zero-order chi connectivity index (χ0) is 11.7. The van der Waals surface area contributed by atoms with Gasteiger partial charge in [0.2, 0.25) is 5.91 Å². The lowest BCUT2D eigenvalue weighted by Gasteiger charge is -1.96. The van der Waals surface area contributed by atoms with Gasteiger partial charge in [0, 0.05) is 5.56 Å². The highest BCUT2D eigenvalue weighted by Gasteiger charge is 2.14. The predicted octanol–water partition coefficient (Wildman–Crippen LogP) is 0.323. The molecule has 0 fully saturated rings. The molecular weight excluding hydrogens is 204 g/mol. The number of hydrogen-bond acceptors (Lipinski definition) is 2. The molecule has 0 bridgehead atoms. The molecule has 0 aliphatic rings. The molecule has 1 aromatic carbocycles. The average Bonchev–Trinajstić information content (AvgIpc) is 2.55. The van der Waals surface area contributed by atoms with Crippen molar-refractivity contribution in [2.45, 2.75) is 6.54 Å². The number of hydrogen-bond donors (Lipinski definition) is 3. The number of amides is 1. The van der Waals surface area contributed by atoms with Crippen molar-refractivity contribution in [2.75, 3.05) is 5.73 Å². The largest absolute Gasteiger partial charge is 0.366 e. The zero-order valence-corrected chi connectivity index (χ0v) is 8.73. The Kier molecular flexibility index (Phi) is 2.36. The van der Waals surface area contributed by atoms with E-state index in [0.29, 0.717) is 18.1 Å². The zero-order valence-electron chi connectivity index (χ0n) is 8.73. The lowest BCUT2D eigenvalue weighted by molar-refractivity contribution is -0.645. The van der Waals surface area contributed by atoms with Gasteiger partial charge in [-0.25, -0.2) is 9.55 Å². The molecule has 0 radical (unpaired) electrons. The normalized spacial score (nSPS) is 10.5. The molecule has 1 amide bonds. The van der Waals surface area contributed by atoms with Crippen LogP contribution in [0.4, 0.5) is 5.95 Å². The predicted molar refractivity (Wildman–Crippen MR) is 61.6 cm³/mol. The van der Waals surface area contributed by atoms with E-state index in [1.54, 1.807) is 18.2 Å². The van der Waals surface area contributed by atoms with Crippen LogP contribution in [-0.4, -0.2) is 10.9 Å². The number of primary amides is 1. The van der Waals surface area contributed by atoms with E-state index in [1.807, 2.05) is 10.6 Å². The number of carbonyl (C=O) groups excluding carboxylic acids is 1. The summed E-state index contributed by atoms with van der Waals surface area (Å²) in [6.07, 6.45) is 1.76. The number of benzene rings is 1. The highest BCUT2D eigenvalue weighted by molar-refractivity contribution is 5.95. The quantitative estimate of drug-likeness (QED) is 0.510. The van der Waals surface area contributed by atoms with Crippen LogP contribution < -0.4 is 16.0 Å². The number of aromatic amines is 1. The maximum atomic E-state index is 11.0. The molecule has 5 nitrogen and oxygen atoms in total. The van der Waals surface area contributed by atoms with Crippen molar-refractivity contribution in [1.29, 1.82) is 0 Å². The minimum atomic E-state index is -0.453. The summed E-state index contributed by atoms with van der Waals surface area (Å²) in [6.45, 7) is 4.28. The van der Waals surface area contributed by atoms with Crippen LogP contribution in [0.15, 0.2) is 30.9 Å². The first kappa shape index (κ1) is 10.2. The maximum absolute atomic E-state index is 11.0. The van der Waals surface area contributed by atoms with Gasteiger partial charge in [0.25, 0.3) is 0 Å². The second-order valence-electron chi connectivity index (χ2n) is 3.51. The Morgan fingerprint density at radius 2 is 2.31 bits per heavy atom. The van der Waals surface area contributed by atoms with E-state index in [4.69, 9.17) is 11.5 Å². The first-order chi connectivity index (χ1) is 7.63. The van der Waals surface area contributed by atoms with Crippen molar-refractivity contribution >= 4 is 22.9 Å². The van der Waals surface area contributed by atoms with Gasteiger partial charge in [-0.2, -0.15) is 0 Å². The van der Waals surface area contributed by atoms with Crippen molar-refractivity contribution in [1.82, 2.24) is 4.98 Å². The Labute approximate surface area is 92.4 Å². The topological polar surface area (TPSA) is 88.8 Å². The van der Waals surface area contributed by atoms with Crippen LogP contribution in [0.3, 0.4) is 0 Å². The van der Waals surface area contributed by atoms with Gasteiger partial charge >= 0.3 is 5.95 Å². The van der Waals surface area contributed by atoms with E-state index in [-0.39, 0.29) is 0 Å². The molecule has 0 atom stereocenters. The number of nitrogens with two attached hydrogens (primary N) is 2. The van der Waals surface area contributed by atoms with Crippen LogP contribution in [0.25, 0.3) is 11.0 Å². The Bertz CT molecular complexity index is 571. The number of rotatable bonds is 3. The number of H-pyrrole nitrogens is 1. The van der Waals surface area contributed by atoms with Gasteiger partial charge in [-0.05, 0) is 18.2 Å². The maximum Gasteiger partial charge on any atom is 0.353 e. The van der Waals surface area contributed by atoms with Gasteiger partial charge in [-0.1, -0.05) is 12.7 Å². The van der Waals surface area contributed by atoms with E-state index in [1.165, 1.54) is 0 Å². The molecule has 0 spiro atoms. The Morgan fingerprint density at radius 1 is 1.56 bits per heavy atom. The number of allylic oxidation sites excluding steroid dienone is 1. The fourth-order valence-corrected chi connectivity index (χ4v) is 1.69. The summed E-state index contributed by atoms with van der Waals surface area (Å²) in [4.78, 5) is 14.0. The van der Waals surface area contributed by atoms with E-state index in [0.717, 1.165) is 11.0 Å². The summed E-state index contributed by atoms with van der Waals surface area (Å²) in [7, 11) is 0. The summed E-state index contributed by atoms with van der Waals surface area (Å²) in [5.41, 5.74) is 13.2. The lowest BCUT2D eigenvalue weighted by atomic mass is 10.2. The number of anilines is 1. The summed E-state index contributed by atoms with van der Waals surface area (Å²) >= 11 is 0. The minimum absolute atomic E-state index is 0.453. The van der Waals surface area contributed by atoms with Gasteiger partial charge in [-0.15, -0.1) is 0 Å². The van der Waals surface area contributed by atoms with Crippen LogP contribution in [0.5, 0.6) is 0 Å². The SMILES string of the molecule is C=CC[n+]1c(N)[nH]c2cc(C(N)=O)ccc21. The highest BCUT2D eigenvalue weighted by atomic mass is 16.1. The van der Waals surface area contributed by atoms with E-state index >= 15 is 0 Å². The van der Waals surface area contributed by atoms with Crippen LogP contribution in [-0.2, 0) is 6.54 Å². The monoisotopic (exact) mass is 217 g/mol. The first-order valence-electron chi connectivity index (χ1n) is 4.85. The smallest absolute Gasteiger partial charge is 0.353 e. The Balaban J connectivity index is 2.64. The summed E-state index contributed by atoms with van der Waals surface area (Å²) < 4.78 is 1.87. The minimum Gasteiger partial charge on any atom is -0.366 e. The van der Waals surface area contributed by atoms with Crippen LogP contribution in [0.1, 0.15) is 10.4 Å². The van der Waals surface area contributed by atoms with Gasteiger partial charge in [-0.3, -0.25) is 10.5 Å². The number of nitrogens with one attached hydrogen (secondary N) is 1. The molecule has 1 aromatic heterocycles. The third-order valence-electron chi connectivity index (χ3n) is 2.44.